The second-order valence-corrected chi connectivity index (χ2v) is 6.00. The van der Waals surface area contributed by atoms with Crippen molar-refractivity contribution < 1.29 is 35.3 Å². The van der Waals surface area contributed by atoms with Crippen LogP contribution in [0.15, 0.2) is 4.90 Å². The summed E-state index contributed by atoms with van der Waals surface area (Å²) in [5.74, 6) is -12.4. The van der Waals surface area contributed by atoms with Crippen molar-refractivity contribution in [3.63, 3.8) is 0 Å². The predicted molar refractivity (Wildman–Crippen MR) is 43.8 cm³/mol. The molecule has 0 fully saturated rings. The van der Waals surface area contributed by atoms with Gasteiger partial charge in [0.15, 0.2) is 23.3 Å². The lowest BCUT2D eigenvalue weighted by atomic mass is 10.3. The van der Waals surface area contributed by atoms with E-state index in [1.807, 2.05) is 0 Å². The fourth-order valence-electron chi connectivity index (χ4n) is 0.997. The first-order valence-corrected chi connectivity index (χ1v) is 5.88. The van der Waals surface area contributed by atoms with E-state index in [0.29, 0.717) is 0 Å². The lowest BCUT2D eigenvalue weighted by Crippen LogP contribution is -2.33. The van der Waals surface area contributed by atoms with E-state index >= 15 is 0 Å². The van der Waals surface area contributed by atoms with Crippen LogP contribution in [0.3, 0.4) is 0 Å². The minimum atomic E-state index is -6.07. The largest absolute Gasteiger partial charge is 0.304 e. The number of hydrogen-bond acceptors (Lipinski definition) is 1. The van der Waals surface area contributed by atoms with Gasteiger partial charge in [0.2, 0.25) is 5.82 Å². The molecule has 0 aromatic heterocycles. The maximum absolute atomic E-state index is 12.9. The number of benzene rings is 1. The van der Waals surface area contributed by atoms with Crippen LogP contribution >= 0.6 is 0 Å². The summed E-state index contributed by atoms with van der Waals surface area (Å²) in [6.45, 7) is 0. The van der Waals surface area contributed by atoms with Gasteiger partial charge in [-0.15, -0.1) is 0 Å². The Balaban J connectivity index is 3.88. The Morgan fingerprint density at radius 1 is 0.812 bits per heavy atom. The van der Waals surface area contributed by atoms with Gasteiger partial charge >= 0.3 is 0 Å². The summed E-state index contributed by atoms with van der Waals surface area (Å²) in [6, 6.07) is 0. The van der Waals surface area contributed by atoms with Crippen molar-refractivity contribution in [2.75, 3.05) is 6.26 Å². The summed E-state index contributed by atoms with van der Waals surface area (Å²) in [5, 5.41) is 0. The Hall–Kier alpha value is -1.06. The third-order valence-corrected chi connectivity index (χ3v) is 2.94. The molecule has 0 aliphatic carbocycles. The molecule has 1 aromatic rings. The highest BCUT2D eigenvalue weighted by atomic mass is 32.3. The summed E-state index contributed by atoms with van der Waals surface area (Å²) in [4.78, 5) is -2.15. The van der Waals surface area contributed by atoms with E-state index in [4.69, 9.17) is 9.11 Å². The van der Waals surface area contributed by atoms with Gasteiger partial charge in [-0.3, -0.25) is 0 Å². The van der Waals surface area contributed by atoms with E-state index < -0.39 is 43.6 Å². The van der Waals surface area contributed by atoms with Gasteiger partial charge in [-0.1, -0.05) is 0 Å². The average molecular weight is 264 g/mol. The summed E-state index contributed by atoms with van der Waals surface area (Å²) >= 11 is 0. The van der Waals surface area contributed by atoms with Crippen LogP contribution in [0.1, 0.15) is 0 Å². The smallest absolute Gasteiger partial charge is 0.200 e. The molecule has 0 unspecified atom stereocenters. The van der Waals surface area contributed by atoms with Gasteiger partial charge in [0.05, 0.1) is 0 Å². The van der Waals surface area contributed by atoms with Gasteiger partial charge in [0, 0.05) is 6.26 Å². The second-order valence-electron chi connectivity index (χ2n) is 3.13. The third-order valence-electron chi connectivity index (χ3n) is 1.64. The zero-order valence-corrected chi connectivity index (χ0v) is 8.42. The van der Waals surface area contributed by atoms with Crippen molar-refractivity contribution in [2.45, 2.75) is 4.90 Å². The molecule has 9 heteroatoms. The zero-order valence-electron chi connectivity index (χ0n) is 7.60. The molecule has 0 aliphatic rings. The Labute approximate surface area is 85.9 Å². The van der Waals surface area contributed by atoms with E-state index in [2.05, 4.69) is 0 Å². The normalized spacial score (nSPS) is 14.6. The molecule has 0 spiro atoms. The molecule has 0 amide bonds. The molecule has 0 aliphatic heterocycles. The molecule has 1 aromatic carbocycles. The highest BCUT2D eigenvalue weighted by Gasteiger charge is 2.39. The molecule has 2 N–H and O–H groups in total. The summed E-state index contributed by atoms with van der Waals surface area (Å²) in [7, 11) is -6.07. The minimum absolute atomic E-state index is 0.0511. The summed E-state index contributed by atoms with van der Waals surface area (Å²) in [6.07, 6.45) is 0.0511. The Morgan fingerprint density at radius 2 is 1.06 bits per heavy atom. The fraction of sp³-hybridized carbons (Fsp3) is 0.143. The van der Waals surface area contributed by atoms with Gasteiger partial charge in [0.1, 0.15) is 14.5 Å². The molecular formula is C7H5F5O3S. The van der Waals surface area contributed by atoms with Crippen LogP contribution in [0, 0.1) is 29.1 Å². The molecule has 0 radical (unpaired) electrons. The SMILES string of the molecule is CS(=O)(O)(O)c1c(F)c(F)c(F)c(F)c1F. The Bertz CT molecular complexity index is 495. The molecule has 0 bridgehead atoms. The molecule has 0 saturated heterocycles. The monoisotopic (exact) mass is 264 g/mol. The molecule has 0 saturated carbocycles. The van der Waals surface area contributed by atoms with Crippen LogP contribution < -0.4 is 0 Å². The van der Waals surface area contributed by atoms with Gasteiger partial charge in [-0.2, -0.15) is 0 Å². The van der Waals surface area contributed by atoms with Crippen molar-refractivity contribution in [3.05, 3.63) is 29.1 Å². The topological polar surface area (TPSA) is 57.5 Å². The molecule has 1 rings (SSSR count). The number of hydrogen-bond donors (Lipinski definition) is 2. The van der Waals surface area contributed by atoms with Crippen molar-refractivity contribution in [1.29, 1.82) is 0 Å². The third kappa shape index (κ3) is 1.93. The van der Waals surface area contributed by atoms with E-state index in [-0.39, 0.29) is 6.26 Å². The minimum Gasteiger partial charge on any atom is -0.304 e. The summed E-state index contributed by atoms with van der Waals surface area (Å²) in [5.41, 5.74) is 0. The lowest BCUT2D eigenvalue weighted by Gasteiger charge is -2.26. The highest BCUT2D eigenvalue weighted by molar-refractivity contribution is 8.09. The standard InChI is InChI=1S/C7H5F5O3S/c1-16(13,14,15)7-5(11)3(9)2(8)4(10)6(7)12/h1H3,(H2,13,14,15). The van der Waals surface area contributed by atoms with Crippen LogP contribution in [0.2, 0.25) is 0 Å². The Morgan fingerprint density at radius 3 is 1.31 bits per heavy atom. The van der Waals surface area contributed by atoms with Crippen LogP contribution in [-0.2, 0) is 9.63 Å². The van der Waals surface area contributed by atoms with Gasteiger partial charge in [0.25, 0.3) is 0 Å². The second kappa shape index (κ2) is 3.22. The van der Waals surface area contributed by atoms with Gasteiger partial charge in [-0.05, 0) is 0 Å². The van der Waals surface area contributed by atoms with Gasteiger partial charge < -0.3 is 9.11 Å². The Kier molecular flexibility index (Phi) is 2.61. The maximum Gasteiger partial charge on any atom is 0.200 e. The van der Waals surface area contributed by atoms with Crippen molar-refractivity contribution >= 4 is 9.63 Å². The van der Waals surface area contributed by atoms with Crippen LogP contribution in [-0.4, -0.2) is 19.6 Å². The van der Waals surface area contributed by atoms with Crippen LogP contribution in [0.4, 0.5) is 22.0 Å². The molecule has 3 nitrogen and oxygen atoms in total. The molecular weight excluding hydrogens is 259 g/mol. The molecule has 16 heavy (non-hydrogen) atoms. The quantitative estimate of drug-likeness (QED) is 0.464. The summed E-state index contributed by atoms with van der Waals surface area (Å²) < 4.78 is 92.3. The predicted octanol–water partition coefficient (Wildman–Crippen LogP) is 2.14. The van der Waals surface area contributed by atoms with Crippen LogP contribution in [0.25, 0.3) is 0 Å². The van der Waals surface area contributed by atoms with E-state index in [1.54, 1.807) is 0 Å². The number of halogens is 5. The van der Waals surface area contributed by atoms with E-state index in [1.165, 1.54) is 0 Å². The van der Waals surface area contributed by atoms with Crippen LogP contribution in [0.5, 0.6) is 0 Å². The van der Waals surface area contributed by atoms with E-state index in [0.717, 1.165) is 0 Å². The molecule has 0 heterocycles. The highest BCUT2D eigenvalue weighted by Crippen LogP contribution is 2.34. The first kappa shape index (κ1) is 13.0. The fourth-order valence-corrected chi connectivity index (χ4v) is 2.00. The maximum atomic E-state index is 12.9. The van der Waals surface area contributed by atoms with Crippen molar-refractivity contribution in [3.8, 4) is 0 Å². The average Bonchev–Trinajstić information content (AvgIpc) is 2.08. The van der Waals surface area contributed by atoms with Gasteiger partial charge in [-0.25, -0.2) is 26.2 Å². The number of rotatable bonds is 1. The first-order chi connectivity index (χ1) is 6.93. The molecule has 92 valence electrons. The first-order valence-electron chi connectivity index (χ1n) is 3.59. The lowest BCUT2D eigenvalue weighted by molar-refractivity contribution is 0.335. The van der Waals surface area contributed by atoms with E-state index in [9.17, 15) is 26.2 Å². The van der Waals surface area contributed by atoms with Crippen molar-refractivity contribution in [2.24, 2.45) is 0 Å². The van der Waals surface area contributed by atoms with Crippen molar-refractivity contribution in [1.82, 2.24) is 0 Å². The molecule has 0 atom stereocenters. The zero-order chi connectivity index (χ0) is 12.9.